The van der Waals surface area contributed by atoms with Crippen molar-refractivity contribution in [3.63, 3.8) is 0 Å². The largest absolute Gasteiger partial charge is 0.340 e. The van der Waals surface area contributed by atoms with E-state index in [9.17, 15) is 8.42 Å². The van der Waals surface area contributed by atoms with E-state index in [1.165, 1.54) is 0 Å². The van der Waals surface area contributed by atoms with Crippen LogP contribution in [0, 0.1) is 5.41 Å². The molecular weight excluding hydrogens is 188 g/mol. The summed E-state index contributed by atoms with van der Waals surface area (Å²) in [5, 5.41) is 10.2. The molecule has 0 aromatic heterocycles. The first-order valence-electron chi connectivity index (χ1n) is 3.61. The summed E-state index contributed by atoms with van der Waals surface area (Å²) in [6.45, 7) is 0. The van der Waals surface area contributed by atoms with Gasteiger partial charge in [0.2, 0.25) is 10.3 Å². The summed E-state index contributed by atoms with van der Waals surface area (Å²) < 4.78 is 21.3. The smallest absolute Gasteiger partial charge is 0.240 e. The monoisotopic (exact) mass is 194 g/mol. The first kappa shape index (κ1) is 8.00. The van der Waals surface area contributed by atoms with Crippen molar-refractivity contribution in [3.05, 3.63) is 29.8 Å². The molecule has 0 unspecified atom stereocenters. The molecule has 0 saturated carbocycles. The van der Waals surface area contributed by atoms with Crippen LogP contribution in [0.15, 0.2) is 24.3 Å². The van der Waals surface area contributed by atoms with Crippen LogP contribution in [0.5, 0.6) is 0 Å². The van der Waals surface area contributed by atoms with E-state index in [1.807, 2.05) is 0 Å². The van der Waals surface area contributed by atoms with Crippen LogP contribution in [-0.4, -0.2) is 19.1 Å². The fourth-order valence-electron chi connectivity index (χ4n) is 1.24. The van der Waals surface area contributed by atoms with Crippen molar-refractivity contribution in [2.45, 2.75) is 0 Å². The maximum atomic E-state index is 10.6. The van der Waals surface area contributed by atoms with Gasteiger partial charge in [0.05, 0.1) is 0 Å². The van der Waals surface area contributed by atoms with E-state index >= 15 is 0 Å². The second kappa shape index (κ2) is 2.70. The molecule has 13 heavy (non-hydrogen) atoms. The summed E-state index contributed by atoms with van der Waals surface area (Å²) >= 11 is 0. The molecule has 4 nitrogen and oxygen atoms in total. The zero-order valence-electron chi connectivity index (χ0n) is 6.53. The predicted molar refractivity (Wildman–Crippen MR) is 50.8 cm³/mol. The van der Waals surface area contributed by atoms with Crippen LogP contribution < -0.4 is 5.32 Å². The molecule has 66 valence electrons. The number of nitrogens with one attached hydrogen (secondary N) is 2. The third-order valence-corrected chi connectivity index (χ3v) is 2.48. The minimum atomic E-state index is -2.37. The van der Waals surface area contributed by atoms with Crippen molar-refractivity contribution < 1.29 is 8.42 Å². The Kier molecular flexibility index (Phi) is 1.66. The Hall–Kier alpha value is -1.62. The second-order valence-corrected chi connectivity index (χ2v) is 3.49. The van der Waals surface area contributed by atoms with Crippen molar-refractivity contribution in [1.29, 1.82) is 5.41 Å². The zero-order chi connectivity index (χ0) is 9.42. The molecule has 5 heteroatoms. The first-order chi connectivity index (χ1) is 6.20. The summed E-state index contributed by atoms with van der Waals surface area (Å²) in [7, 11) is -2.37. The topological polar surface area (TPSA) is 70.0 Å². The van der Waals surface area contributed by atoms with E-state index in [1.54, 1.807) is 24.3 Å². The van der Waals surface area contributed by atoms with Crippen LogP contribution in [0.25, 0.3) is 0 Å². The van der Waals surface area contributed by atoms with Gasteiger partial charge in [-0.25, -0.2) is 0 Å². The SMILES string of the molecule is N=C1C(=S(=O)=O)Nc2ccccc21. The van der Waals surface area contributed by atoms with Gasteiger partial charge in [-0.3, -0.25) is 5.41 Å². The van der Waals surface area contributed by atoms with Crippen LogP contribution in [0.3, 0.4) is 0 Å². The first-order valence-corrected chi connectivity index (χ1v) is 4.69. The van der Waals surface area contributed by atoms with Crippen LogP contribution in [0.2, 0.25) is 0 Å². The average molecular weight is 194 g/mol. The van der Waals surface area contributed by atoms with Gasteiger partial charge in [-0.15, -0.1) is 0 Å². The Balaban J connectivity index is 2.70. The van der Waals surface area contributed by atoms with Gasteiger partial charge in [0.25, 0.3) is 0 Å². The summed E-state index contributed by atoms with van der Waals surface area (Å²) in [4.78, 5) is -0.0544. The molecule has 1 heterocycles. The van der Waals surface area contributed by atoms with Crippen molar-refractivity contribution in [3.8, 4) is 0 Å². The molecule has 2 N–H and O–H groups in total. The van der Waals surface area contributed by atoms with Crippen LogP contribution in [-0.2, 0) is 10.3 Å². The van der Waals surface area contributed by atoms with Gasteiger partial charge in [0.15, 0.2) is 4.99 Å². The molecule has 1 aromatic carbocycles. The lowest BCUT2D eigenvalue weighted by molar-refractivity contribution is 0.627. The molecule has 0 radical (unpaired) electrons. The Bertz CT molecular complexity index is 509. The highest BCUT2D eigenvalue weighted by atomic mass is 32.2. The van der Waals surface area contributed by atoms with Gasteiger partial charge in [-0.2, -0.15) is 8.42 Å². The van der Waals surface area contributed by atoms with Crippen molar-refractivity contribution in [2.75, 3.05) is 5.32 Å². The van der Waals surface area contributed by atoms with Gasteiger partial charge in [-0.1, -0.05) is 18.2 Å². The van der Waals surface area contributed by atoms with Gasteiger partial charge in [-0.05, 0) is 6.07 Å². The number of hydrogen-bond acceptors (Lipinski definition) is 3. The van der Waals surface area contributed by atoms with Gasteiger partial charge in [0, 0.05) is 11.3 Å². The minimum absolute atomic E-state index is 0.0314. The molecule has 0 spiro atoms. The molecule has 1 aliphatic heterocycles. The van der Waals surface area contributed by atoms with E-state index in [0.29, 0.717) is 11.3 Å². The maximum absolute atomic E-state index is 10.6. The summed E-state index contributed by atoms with van der Waals surface area (Å²) in [5.41, 5.74) is 1.33. The molecule has 0 bridgehead atoms. The van der Waals surface area contributed by atoms with E-state index in [0.717, 1.165) is 0 Å². The fourth-order valence-corrected chi connectivity index (χ4v) is 1.71. The quantitative estimate of drug-likeness (QED) is 0.590. The van der Waals surface area contributed by atoms with Gasteiger partial charge in [0.1, 0.15) is 5.71 Å². The molecule has 2 rings (SSSR count). The number of fused-ring (bicyclic) bond motifs is 1. The Morgan fingerprint density at radius 2 is 1.92 bits per heavy atom. The third-order valence-electron chi connectivity index (χ3n) is 1.84. The van der Waals surface area contributed by atoms with E-state index in [4.69, 9.17) is 5.41 Å². The van der Waals surface area contributed by atoms with E-state index in [-0.39, 0.29) is 10.7 Å². The summed E-state index contributed by atoms with van der Waals surface area (Å²) in [5.74, 6) is 0. The normalized spacial score (nSPS) is 13.8. The standard InChI is InChI=1S/C8H6N2O2S/c9-7-5-3-1-2-4-6(5)10-8(7)13(11)12/h1-4,9-10H. The lowest BCUT2D eigenvalue weighted by Crippen LogP contribution is -2.14. The molecule has 1 aliphatic rings. The number of rotatable bonds is 0. The van der Waals surface area contributed by atoms with Gasteiger partial charge >= 0.3 is 0 Å². The fraction of sp³-hybridized carbons (Fsp3) is 0. The second-order valence-electron chi connectivity index (χ2n) is 2.61. The minimum Gasteiger partial charge on any atom is -0.340 e. The average Bonchev–Trinajstić information content (AvgIpc) is 2.45. The lowest BCUT2D eigenvalue weighted by atomic mass is 10.1. The molecule has 0 aliphatic carbocycles. The zero-order valence-corrected chi connectivity index (χ0v) is 7.35. The highest BCUT2D eigenvalue weighted by molar-refractivity contribution is 7.75. The Morgan fingerprint density at radius 1 is 1.23 bits per heavy atom. The molecule has 0 amide bonds. The molecular formula is C8H6N2O2S. The van der Waals surface area contributed by atoms with E-state index in [2.05, 4.69) is 5.32 Å². The number of benzene rings is 1. The van der Waals surface area contributed by atoms with Crippen LogP contribution in [0.4, 0.5) is 5.69 Å². The van der Waals surface area contributed by atoms with Crippen molar-refractivity contribution >= 4 is 26.7 Å². The van der Waals surface area contributed by atoms with Crippen molar-refractivity contribution in [1.82, 2.24) is 0 Å². The number of hydrogen-bond donors (Lipinski definition) is 2. The summed E-state index contributed by atoms with van der Waals surface area (Å²) in [6.07, 6.45) is 0. The van der Waals surface area contributed by atoms with Crippen LogP contribution in [0.1, 0.15) is 5.56 Å². The lowest BCUT2D eigenvalue weighted by Gasteiger charge is -1.93. The third kappa shape index (κ3) is 1.13. The molecule has 0 fully saturated rings. The van der Waals surface area contributed by atoms with Crippen LogP contribution >= 0.6 is 0 Å². The summed E-state index contributed by atoms with van der Waals surface area (Å²) in [6, 6.07) is 7.01. The van der Waals surface area contributed by atoms with E-state index < -0.39 is 10.3 Å². The molecule has 0 saturated heterocycles. The molecule has 0 atom stereocenters. The maximum Gasteiger partial charge on any atom is 0.240 e. The van der Waals surface area contributed by atoms with Gasteiger partial charge < -0.3 is 5.32 Å². The predicted octanol–water partition coefficient (Wildman–Crippen LogP) is 0.489. The number of anilines is 1. The highest BCUT2D eigenvalue weighted by Crippen LogP contribution is 2.21. The highest BCUT2D eigenvalue weighted by Gasteiger charge is 2.22. The number of para-hydroxylation sites is 1. The molecule has 1 aromatic rings. The Morgan fingerprint density at radius 3 is 2.54 bits per heavy atom. The Labute approximate surface area is 76.3 Å². The van der Waals surface area contributed by atoms with Crippen molar-refractivity contribution in [2.24, 2.45) is 0 Å².